The number of pyridine rings is 1. The van der Waals surface area contributed by atoms with Crippen molar-refractivity contribution in [2.24, 2.45) is 0 Å². The number of amides is 2. The second-order valence-corrected chi connectivity index (χ2v) is 8.86. The van der Waals surface area contributed by atoms with Crippen molar-refractivity contribution in [2.45, 2.75) is 32.6 Å². The van der Waals surface area contributed by atoms with E-state index in [2.05, 4.69) is 36.9 Å². The van der Waals surface area contributed by atoms with Gasteiger partial charge >= 0.3 is 6.03 Å². The van der Waals surface area contributed by atoms with Gasteiger partial charge in [-0.25, -0.2) is 9.78 Å². The van der Waals surface area contributed by atoms with Gasteiger partial charge in [-0.2, -0.15) is 0 Å². The minimum Gasteiger partial charge on any atom is -0.425 e. The highest BCUT2D eigenvalue weighted by molar-refractivity contribution is 7.22. The zero-order chi connectivity index (χ0) is 21.1. The molecule has 0 unspecified atom stereocenters. The van der Waals surface area contributed by atoms with Gasteiger partial charge in [-0.05, 0) is 23.8 Å². The quantitative estimate of drug-likeness (QED) is 0.494. The maximum Gasteiger partial charge on any atom is 0.321 e. The van der Waals surface area contributed by atoms with Crippen molar-refractivity contribution in [3.63, 3.8) is 0 Å². The van der Waals surface area contributed by atoms with Crippen molar-refractivity contribution in [1.29, 1.82) is 0 Å². The summed E-state index contributed by atoms with van der Waals surface area (Å²) in [5.41, 5.74) is 2.74. The van der Waals surface area contributed by atoms with Crippen LogP contribution in [0.15, 0.2) is 47.1 Å². The fourth-order valence-electron chi connectivity index (χ4n) is 2.77. The largest absolute Gasteiger partial charge is 0.425 e. The average Bonchev–Trinajstić information content (AvgIpc) is 3.34. The van der Waals surface area contributed by atoms with Gasteiger partial charge in [-0.1, -0.05) is 44.2 Å². The first-order chi connectivity index (χ1) is 14.4. The molecule has 2 amide bonds. The Hall–Kier alpha value is -3.33. The Labute approximate surface area is 177 Å². The van der Waals surface area contributed by atoms with Gasteiger partial charge in [0.15, 0.2) is 5.13 Å². The Morgan fingerprint density at radius 1 is 1.17 bits per heavy atom. The summed E-state index contributed by atoms with van der Waals surface area (Å²) in [6.07, 6.45) is 4.03. The lowest BCUT2D eigenvalue weighted by molar-refractivity contribution is 0.252. The Kier molecular flexibility index (Phi) is 5.45. The predicted molar refractivity (Wildman–Crippen MR) is 117 cm³/mol. The summed E-state index contributed by atoms with van der Waals surface area (Å²) in [6, 6.07) is 9.59. The zero-order valence-corrected chi connectivity index (χ0v) is 17.8. The number of hydrogen-bond acceptors (Lipinski definition) is 7. The van der Waals surface area contributed by atoms with Crippen LogP contribution in [0.3, 0.4) is 0 Å². The van der Waals surface area contributed by atoms with Crippen LogP contribution >= 0.6 is 11.3 Å². The molecule has 30 heavy (non-hydrogen) atoms. The second kappa shape index (κ2) is 8.19. The summed E-state index contributed by atoms with van der Waals surface area (Å²) in [6.45, 7) is 6.41. The second-order valence-electron chi connectivity index (χ2n) is 7.83. The lowest BCUT2D eigenvalue weighted by Crippen LogP contribution is -2.30. The van der Waals surface area contributed by atoms with E-state index in [9.17, 15) is 4.79 Å². The molecule has 0 spiro atoms. The van der Waals surface area contributed by atoms with Crippen molar-refractivity contribution < 1.29 is 9.21 Å². The molecule has 2 N–H and O–H groups in total. The number of nitrogens with one attached hydrogen (secondary N) is 2. The van der Waals surface area contributed by atoms with Gasteiger partial charge in [0.1, 0.15) is 0 Å². The molecule has 0 aliphatic carbocycles. The van der Waals surface area contributed by atoms with Crippen LogP contribution in [0.1, 0.15) is 32.6 Å². The Morgan fingerprint density at radius 2 is 2.03 bits per heavy atom. The van der Waals surface area contributed by atoms with E-state index in [-0.39, 0.29) is 11.4 Å². The maximum absolute atomic E-state index is 12.2. The summed E-state index contributed by atoms with van der Waals surface area (Å²) in [7, 11) is 0. The molecule has 3 heterocycles. The van der Waals surface area contributed by atoms with Gasteiger partial charge < -0.3 is 9.73 Å². The maximum atomic E-state index is 12.2. The number of urea groups is 1. The number of carbonyl (C=O) groups excluding carboxylic acids is 1. The molecule has 0 aliphatic heterocycles. The molecule has 0 bridgehead atoms. The van der Waals surface area contributed by atoms with Crippen molar-refractivity contribution >= 4 is 32.7 Å². The summed E-state index contributed by atoms with van der Waals surface area (Å²) in [5, 5.41) is 14.2. The Balaban J connectivity index is 1.34. The monoisotopic (exact) mass is 422 g/mol. The molecule has 0 saturated heterocycles. The minimum absolute atomic E-state index is 0.195. The third-order valence-electron chi connectivity index (χ3n) is 4.34. The molecule has 8 nitrogen and oxygen atoms in total. The van der Waals surface area contributed by atoms with Crippen LogP contribution in [-0.4, -0.2) is 32.7 Å². The van der Waals surface area contributed by atoms with Crippen LogP contribution in [0, 0.1) is 0 Å². The smallest absolute Gasteiger partial charge is 0.321 e. The lowest BCUT2D eigenvalue weighted by atomic mass is 9.97. The van der Waals surface area contributed by atoms with Gasteiger partial charge in [0.05, 0.1) is 10.2 Å². The van der Waals surface area contributed by atoms with Gasteiger partial charge in [0, 0.05) is 36.3 Å². The van der Waals surface area contributed by atoms with Crippen LogP contribution in [0.2, 0.25) is 0 Å². The third kappa shape index (κ3) is 4.62. The highest BCUT2D eigenvalue weighted by Gasteiger charge is 2.21. The molecule has 0 radical (unpaired) electrons. The molecule has 0 atom stereocenters. The summed E-state index contributed by atoms with van der Waals surface area (Å²) >= 11 is 1.43. The number of thiazole rings is 1. The molecule has 4 aromatic rings. The molecular formula is C21H22N6O2S. The van der Waals surface area contributed by atoms with E-state index in [1.165, 1.54) is 11.3 Å². The molecule has 4 rings (SSSR count). The number of fused-ring (bicyclic) bond motifs is 1. The van der Waals surface area contributed by atoms with Crippen molar-refractivity contribution in [1.82, 2.24) is 25.5 Å². The van der Waals surface area contributed by atoms with Crippen molar-refractivity contribution in [3.05, 3.63) is 54.5 Å². The number of anilines is 1. The lowest BCUT2D eigenvalue weighted by Gasteiger charge is -2.11. The number of hydrogen-bond donors (Lipinski definition) is 2. The predicted octanol–water partition coefficient (Wildman–Crippen LogP) is 4.40. The van der Waals surface area contributed by atoms with Crippen LogP contribution in [0.4, 0.5) is 9.93 Å². The van der Waals surface area contributed by atoms with E-state index in [4.69, 9.17) is 4.42 Å². The van der Waals surface area contributed by atoms with E-state index in [0.717, 1.165) is 21.3 Å². The summed E-state index contributed by atoms with van der Waals surface area (Å²) in [4.78, 5) is 20.8. The zero-order valence-electron chi connectivity index (χ0n) is 17.0. The fraction of sp³-hybridized carbons (Fsp3) is 0.286. The van der Waals surface area contributed by atoms with Crippen LogP contribution in [0.25, 0.3) is 21.3 Å². The normalized spacial score (nSPS) is 11.6. The summed E-state index contributed by atoms with van der Waals surface area (Å²) < 4.78 is 6.62. The van der Waals surface area contributed by atoms with E-state index in [1.807, 2.05) is 51.2 Å². The van der Waals surface area contributed by atoms with Gasteiger partial charge in [0.25, 0.3) is 0 Å². The van der Waals surface area contributed by atoms with E-state index in [0.29, 0.717) is 29.9 Å². The first-order valence-corrected chi connectivity index (χ1v) is 10.4. The third-order valence-corrected chi connectivity index (χ3v) is 5.27. The van der Waals surface area contributed by atoms with E-state index >= 15 is 0 Å². The number of carbonyl (C=O) groups is 1. The van der Waals surface area contributed by atoms with Gasteiger partial charge in [-0.3, -0.25) is 10.3 Å². The highest BCUT2D eigenvalue weighted by Crippen LogP contribution is 2.30. The van der Waals surface area contributed by atoms with Crippen molar-refractivity contribution in [2.75, 3.05) is 11.9 Å². The SMILES string of the molecule is CC(C)(C)c1nnc(CCNC(=O)Nc2nc3ccc(-c4cccnc4)cc3s2)o1. The Morgan fingerprint density at radius 3 is 2.77 bits per heavy atom. The molecule has 0 saturated carbocycles. The Bertz CT molecular complexity index is 1160. The van der Waals surface area contributed by atoms with Crippen LogP contribution in [0.5, 0.6) is 0 Å². The molecule has 9 heteroatoms. The molecule has 1 aromatic carbocycles. The fourth-order valence-corrected chi connectivity index (χ4v) is 3.67. The topological polar surface area (TPSA) is 106 Å². The van der Waals surface area contributed by atoms with E-state index in [1.54, 1.807) is 6.20 Å². The highest BCUT2D eigenvalue weighted by atomic mass is 32.1. The number of nitrogens with zero attached hydrogens (tertiary/aromatic N) is 4. The van der Waals surface area contributed by atoms with E-state index < -0.39 is 0 Å². The van der Waals surface area contributed by atoms with Gasteiger partial charge in [0.2, 0.25) is 11.8 Å². The van der Waals surface area contributed by atoms with Crippen LogP contribution in [-0.2, 0) is 11.8 Å². The minimum atomic E-state index is -0.322. The van der Waals surface area contributed by atoms with Crippen LogP contribution < -0.4 is 10.6 Å². The number of aromatic nitrogens is 4. The average molecular weight is 423 g/mol. The van der Waals surface area contributed by atoms with Crippen molar-refractivity contribution in [3.8, 4) is 11.1 Å². The molecular weight excluding hydrogens is 400 g/mol. The first-order valence-electron chi connectivity index (χ1n) is 9.57. The standard InChI is InChI=1S/C21H22N6O2S/c1-21(2,3)18-27-26-17(29-18)8-10-23-19(28)25-20-24-15-7-6-13(11-16(15)30-20)14-5-4-9-22-12-14/h4-7,9,11-12H,8,10H2,1-3H3,(H2,23,24,25,28). The number of rotatable bonds is 5. The molecule has 0 fully saturated rings. The number of benzene rings is 1. The summed E-state index contributed by atoms with van der Waals surface area (Å²) in [5.74, 6) is 1.09. The van der Waals surface area contributed by atoms with Gasteiger partial charge in [-0.15, -0.1) is 10.2 Å². The molecule has 0 aliphatic rings. The molecule has 154 valence electrons. The first kappa shape index (κ1) is 20.0. The molecule has 3 aromatic heterocycles.